The van der Waals surface area contributed by atoms with Gasteiger partial charge in [0.15, 0.2) is 0 Å². The van der Waals surface area contributed by atoms with Crippen LogP contribution in [-0.2, 0) is 0 Å². The molecule has 1 amide bonds. The number of hydrogen-bond acceptors (Lipinski definition) is 5. The van der Waals surface area contributed by atoms with Crippen LogP contribution in [0.1, 0.15) is 22.8 Å². The molecule has 3 aromatic rings. The molecule has 0 bridgehead atoms. The van der Waals surface area contributed by atoms with Gasteiger partial charge in [0.2, 0.25) is 0 Å². The topological polar surface area (TPSA) is 63.6 Å². The summed E-state index contributed by atoms with van der Waals surface area (Å²) in [6, 6.07) is 13.5. The van der Waals surface area contributed by atoms with E-state index in [4.69, 9.17) is 4.74 Å². The van der Waals surface area contributed by atoms with E-state index in [1.54, 1.807) is 30.1 Å². The van der Waals surface area contributed by atoms with Gasteiger partial charge in [0, 0.05) is 33.6 Å². The second kappa shape index (κ2) is 6.57. The first-order chi connectivity index (χ1) is 12.3. The van der Waals surface area contributed by atoms with Gasteiger partial charge >= 0.3 is 0 Å². The van der Waals surface area contributed by atoms with Crippen LogP contribution in [-0.4, -0.2) is 22.5 Å². The lowest BCUT2D eigenvalue weighted by Crippen LogP contribution is -2.19. The predicted molar refractivity (Wildman–Crippen MR) is 99.2 cm³/mol. The van der Waals surface area contributed by atoms with E-state index in [0.717, 1.165) is 32.0 Å². The highest BCUT2D eigenvalue weighted by Crippen LogP contribution is 2.43. The predicted octanol–water partition coefficient (Wildman–Crippen LogP) is 3.83. The highest BCUT2D eigenvalue weighted by molar-refractivity contribution is 8.15. The van der Waals surface area contributed by atoms with Crippen LogP contribution in [0.25, 0.3) is 10.8 Å². The smallest absolute Gasteiger partial charge is 0.272 e. The maximum absolute atomic E-state index is 12.2. The Morgan fingerprint density at radius 3 is 2.96 bits per heavy atom. The number of carbonyl (C=O) groups excluding carboxylic acids is 1. The summed E-state index contributed by atoms with van der Waals surface area (Å²) in [4.78, 5) is 17.2. The van der Waals surface area contributed by atoms with Gasteiger partial charge in [0.25, 0.3) is 5.91 Å². The number of carbonyl (C=O) groups is 1. The fraction of sp³-hybridized carbons (Fsp3) is 0.105. The molecule has 124 valence electrons. The molecule has 0 saturated heterocycles. The van der Waals surface area contributed by atoms with E-state index in [1.807, 2.05) is 31.2 Å². The third-order valence-corrected chi connectivity index (χ3v) is 4.95. The van der Waals surface area contributed by atoms with E-state index < -0.39 is 0 Å². The Kier molecular flexibility index (Phi) is 4.11. The van der Waals surface area contributed by atoms with Gasteiger partial charge in [-0.15, -0.1) is 0 Å². The van der Waals surface area contributed by atoms with Crippen LogP contribution in [0.2, 0.25) is 0 Å². The molecule has 1 aliphatic rings. The first-order valence-electron chi connectivity index (χ1n) is 7.92. The first-order valence-corrected chi connectivity index (χ1v) is 8.74. The summed E-state index contributed by atoms with van der Waals surface area (Å²) in [5.74, 6) is 0.587. The minimum atomic E-state index is -0.278. The van der Waals surface area contributed by atoms with Crippen LogP contribution in [0, 0.1) is 0 Å². The highest BCUT2D eigenvalue weighted by Gasteiger charge is 2.23. The fourth-order valence-corrected chi connectivity index (χ4v) is 3.84. The molecule has 0 radical (unpaired) electrons. The fourth-order valence-electron chi connectivity index (χ4n) is 2.80. The maximum atomic E-state index is 12.2. The molecule has 1 aromatic heterocycles. The summed E-state index contributed by atoms with van der Waals surface area (Å²) in [6.07, 6.45) is 3.14. The van der Waals surface area contributed by atoms with Gasteiger partial charge in [-0.05, 0) is 37.3 Å². The van der Waals surface area contributed by atoms with E-state index >= 15 is 0 Å². The molecule has 4 rings (SSSR count). The number of aromatic nitrogens is 1. The molecule has 2 heterocycles. The molecule has 2 aromatic carbocycles. The third-order valence-electron chi connectivity index (χ3n) is 3.88. The second-order valence-corrected chi connectivity index (χ2v) is 6.46. The van der Waals surface area contributed by atoms with Crippen molar-refractivity contribution in [3.63, 3.8) is 0 Å². The molecule has 0 fully saturated rings. The Labute approximate surface area is 149 Å². The van der Waals surface area contributed by atoms with Crippen molar-refractivity contribution in [1.82, 2.24) is 10.4 Å². The lowest BCUT2D eigenvalue weighted by atomic mass is 10.0. The van der Waals surface area contributed by atoms with Crippen LogP contribution >= 0.6 is 11.8 Å². The number of nitrogens with one attached hydrogen (secondary N) is 1. The lowest BCUT2D eigenvalue weighted by molar-refractivity contribution is 0.0954. The zero-order chi connectivity index (χ0) is 17.2. The largest absolute Gasteiger partial charge is 0.493 e. The van der Waals surface area contributed by atoms with Gasteiger partial charge in [-0.25, -0.2) is 5.43 Å². The summed E-state index contributed by atoms with van der Waals surface area (Å²) in [5, 5.41) is 7.28. The van der Waals surface area contributed by atoms with Crippen LogP contribution in [0.4, 0.5) is 0 Å². The molecule has 0 saturated carbocycles. The standard InChI is InChI=1S/C19H15N3O2S/c1-2-24-15-9-8-14-17-13(15)6-3-7-16(17)25-19(14)22-21-18(23)12-5-4-10-20-11-12/h3-11H,2H2,1H3,(H,21,23)/b22-19-. The van der Waals surface area contributed by atoms with Crippen LogP contribution in [0.5, 0.6) is 5.75 Å². The van der Waals surface area contributed by atoms with Crippen molar-refractivity contribution < 1.29 is 9.53 Å². The van der Waals surface area contributed by atoms with E-state index in [1.165, 1.54) is 6.20 Å². The Morgan fingerprint density at radius 2 is 2.16 bits per heavy atom. The van der Waals surface area contributed by atoms with Crippen molar-refractivity contribution in [3.8, 4) is 5.75 Å². The zero-order valence-electron chi connectivity index (χ0n) is 13.5. The number of pyridine rings is 1. The van der Waals surface area contributed by atoms with Gasteiger partial charge in [0.1, 0.15) is 10.8 Å². The summed E-state index contributed by atoms with van der Waals surface area (Å²) >= 11 is 1.54. The minimum absolute atomic E-state index is 0.278. The molecule has 6 heteroatoms. The quantitative estimate of drug-likeness (QED) is 0.727. The van der Waals surface area contributed by atoms with E-state index in [-0.39, 0.29) is 5.91 Å². The van der Waals surface area contributed by atoms with Crippen molar-refractivity contribution in [3.05, 3.63) is 66.0 Å². The van der Waals surface area contributed by atoms with Crippen molar-refractivity contribution in [1.29, 1.82) is 0 Å². The van der Waals surface area contributed by atoms with Gasteiger partial charge in [0.05, 0.1) is 12.2 Å². The molecular weight excluding hydrogens is 334 g/mol. The molecule has 0 aliphatic carbocycles. The van der Waals surface area contributed by atoms with Crippen molar-refractivity contribution in [2.45, 2.75) is 11.8 Å². The number of amides is 1. The van der Waals surface area contributed by atoms with E-state index in [0.29, 0.717) is 12.2 Å². The van der Waals surface area contributed by atoms with Crippen molar-refractivity contribution in [2.24, 2.45) is 5.10 Å². The van der Waals surface area contributed by atoms with Gasteiger partial charge in [-0.2, -0.15) is 5.10 Å². The van der Waals surface area contributed by atoms with E-state index in [2.05, 4.69) is 21.6 Å². The van der Waals surface area contributed by atoms with Gasteiger partial charge in [-0.3, -0.25) is 9.78 Å². The SMILES string of the molecule is CCOc1ccc2c3c(cccc13)S/C2=N\NC(=O)c1cccnc1. The minimum Gasteiger partial charge on any atom is -0.493 e. The Hall–Kier alpha value is -2.86. The first kappa shape index (κ1) is 15.7. The molecule has 1 N–H and O–H groups in total. The Morgan fingerprint density at radius 1 is 1.24 bits per heavy atom. The molecule has 25 heavy (non-hydrogen) atoms. The highest BCUT2D eigenvalue weighted by atomic mass is 32.2. The van der Waals surface area contributed by atoms with Crippen molar-refractivity contribution in [2.75, 3.05) is 6.61 Å². The second-order valence-electron chi connectivity index (χ2n) is 5.42. The molecule has 0 unspecified atom stereocenters. The number of ether oxygens (including phenoxy) is 1. The average molecular weight is 349 g/mol. The number of thioether (sulfide) groups is 1. The summed E-state index contributed by atoms with van der Waals surface area (Å²) < 4.78 is 5.72. The summed E-state index contributed by atoms with van der Waals surface area (Å²) in [7, 11) is 0. The molecule has 0 spiro atoms. The molecule has 5 nitrogen and oxygen atoms in total. The zero-order valence-corrected chi connectivity index (χ0v) is 14.3. The Bertz CT molecular complexity index is 987. The number of hydrogen-bond donors (Lipinski definition) is 1. The molecular formula is C19H15N3O2S. The molecule has 1 aliphatic heterocycles. The van der Waals surface area contributed by atoms with Crippen LogP contribution < -0.4 is 10.2 Å². The van der Waals surface area contributed by atoms with Gasteiger partial charge < -0.3 is 4.74 Å². The Balaban J connectivity index is 1.68. The van der Waals surface area contributed by atoms with Crippen LogP contribution in [0.15, 0.2) is 64.9 Å². The van der Waals surface area contributed by atoms with E-state index in [9.17, 15) is 4.79 Å². The lowest BCUT2D eigenvalue weighted by Gasteiger charge is -2.08. The number of benzene rings is 2. The maximum Gasteiger partial charge on any atom is 0.272 e. The molecule has 0 atom stereocenters. The third kappa shape index (κ3) is 2.85. The van der Waals surface area contributed by atoms with Crippen LogP contribution in [0.3, 0.4) is 0 Å². The van der Waals surface area contributed by atoms with Crippen molar-refractivity contribution >= 4 is 33.5 Å². The number of nitrogens with zero attached hydrogens (tertiary/aromatic N) is 2. The monoisotopic (exact) mass is 349 g/mol. The number of hydrazone groups is 1. The average Bonchev–Trinajstić information content (AvgIpc) is 3.02. The van der Waals surface area contributed by atoms with Gasteiger partial charge in [-0.1, -0.05) is 23.9 Å². The summed E-state index contributed by atoms with van der Waals surface area (Å²) in [5.41, 5.74) is 4.10. The normalized spacial score (nSPS) is 14.0. The summed E-state index contributed by atoms with van der Waals surface area (Å²) in [6.45, 7) is 2.59. The number of rotatable bonds is 4.